The quantitative estimate of drug-likeness (QED) is 0.633. The molecule has 0 saturated heterocycles. The number of allylic oxidation sites excluding steroid dienone is 1. The third kappa shape index (κ3) is 5.72. The molecule has 4 nitrogen and oxygen atoms in total. The van der Waals surface area contributed by atoms with Crippen LogP contribution in [0, 0.1) is 0 Å². The Kier molecular flexibility index (Phi) is 7.62. The predicted octanol–water partition coefficient (Wildman–Crippen LogP) is 3.80. The summed E-state index contributed by atoms with van der Waals surface area (Å²) in [5.74, 6) is -1.76. The maximum absolute atomic E-state index is 12.5. The number of aromatic carboxylic acids is 1. The Labute approximate surface area is 170 Å². The summed E-state index contributed by atoms with van der Waals surface area (Å²) in [6.45, 7) is 1.57. The third-order valence-electron chi connectivity index (χ3n) is 3.43. The van der Waals surface area contributed by atoms with E-state index in [0.29, 0.717) is 11.1 Å². The normalized spacial score (nSPS) is 11.5. The van der Waals surface area contributed by atoms with Crippen molar-refractivity contribution in [3.63, 3.8) is 0 Å². The third-order valence-corrected chi connectivity index (χ3v) is 3.43. The number of carboxylic acid groups (broad SMARTS) is 1. The number of alkyl halides is 3. The van der Waals surface area contributed by atoms with Gasteiger partial charge in [-0.15, -0.1) is 0 Å². The number of hydrogen-bond acceptors (Lipinski definition) is 2. The number of anilines is 1. The van der Waals surface area contributed by atoms with E-state index in [1.54, 1.807) is 13.0 Å². The second-order valence-corrected chi connectivity index (χ2v) is 5.24. The van der Waals surface area contributed by atoms with Crippen LogP contribution >= 0.6 is 0 Å². The monoisotopic (exact) mass is 373 g/mol. The van der Waals surface area contributed by atoms with Crippen molar-refractivity contribution in [1.82, 2.24) is 0 Å². The molecule has 0 atom stereocenters. The van der Waals surface area contributed by atoms with Gasteiger partial charge in [0.05, 0.1) is 16.8 Å². The first-order valence-corrected chi connectivity index (χ1v) is 7.17. The van der Waals surface area contributed by atoms with Crippen LogP contribution < -0.4 is 5.32 Å². The fraction of sp³-hybridized carbons (Fsp3) is 0.111. The standard InChI is InChI=1S/C18H14F3NO3.Na.H/c1-11(12-6-8-13(9-7-12)18(19,20)21)10-16(23)22-15-5-3-2-4-14(15)17(24)25;;/h2-10H,1H3,(H,22,23)(H,24,25);;. The number of carboxylic acids is 1. The molecule has 0 bridgehead atoms. The predicted molar refractivity (Wildman–Crippen MR) is 94.3 cm³/mol. The van der Waals surface area contributed by atoms with E-state index in [2.05, 4.69) is 5.32 Å². The molecule has 0 fully saturated rings. The van der Waals surface area contributed by atoms with Crippen molar-refractivity contribution in [2.24, 2.45) is 0 Å². The fourth-order valence-electron chi connectivity index (χ4n) is 2.15. The minimum absolute atomic E-state index is 0. The molecule has 0 unspecified atom stereocenters. The summed E-state index contributed by atoms with van der Waals surface area (Å²) in [6.07, 6.45) is -3.23. The molecule has 0 saturated carbocycles. The first kappa shape index (κ1) is 22.0. The van der Waals surface area contributed by atoms with Gasteiger partial charge in [-0.05, 0) is 42.3 Å². The second-order valence-electron chi connectivity index (χ2n) is 5.24. The van der Waals surface area contributed by atoms with Crippen molar-refractivity contribution < 1.29 is 27.9 Å². The number of carbonyl (C=O) groups is 2. The molecule has 2 rings (SSSR count). The molecule has 0 aliphatic carbocycles. The average molecular weight is 373 g/mol. The number of halogens is 3. The van der Waals surface area contributed by atoms with E-state index in [1.807, 2.05) is 0 Å². The van der Waals surface area contributed by atoms with Crippen molar-refractivity contribution in [2.75, 3.05) is 5.32 Å². The summed E-state index contributed by atoms with van der Waals surface area (Å²) in [4.78, 5) is 23.1. The molecule has 0 aliphatic heterocycles. The zero-order valence-electron chi connectivity index (χ0n) is 13.1. The summed E-state index contributed by atoms with van der Waals surface area (Å²) in [6, 6.07) is 10.3. The Balaban J connectivity index is 0.00000338. The number of carbonyl (C=O) groups excluding carboxylic acids is 1. The van der Waals surface area contributed by atoms with Crippen LogP contribution in [-0.4, -0.2) is 46.5 Å². The number of hydrogen-bond donors (Lipinski definition) is 2. The number of para-hydroxylation sites is 1. The van der Waals surface area contributed by atoms with E-state index in [0.717, 1.165) is 12.1 Å². The molecule has 2 aromatic carbocycles. The number of nitrogens with one attached hydrogen (secondary N) is 1. The zero-order chi connectivity index (χ0) is 18.6. The van der Waals surface area contributed by atoms with Crippen LogP contribution in [-0.2, 0) is 11.0 Å². The van der Waals surface area contributed by atoms with Gasteiger partial charge in [-0.25, -0.2) is 4.79 Å². The molecule has 8 heteroatoms. The number of amides is 1. The van der Waals surface area contributed by atoms with E-state index < -0.39 is 23.6 Å². The van der Waals surface area contributed by atoms with E-state index in [1.165, 1.54) is 36.4 Å². The molecule has 0 spiro atoms. The van der Waals surface area contributed by atoms with Crippen LogP contribution in [0.3, 0.4) is 0 Å². The Morgan fingerprint density at radius 3 is 2.15 bits per heavy atom. The first-order valence-electron chi connectivity index (χ1n) is 7.17. The van der Waals surface area contributed by atoms with Gasteiger partial charge in [-0.1, -0.05) is 24.3 Å². The molecule has 1 amide bonds. The van der Waals surface area contributed by atoms with E-state index in [9.17, 15) is 22.8 Å². The Morgan fingerprint density at radius 1 is 1.04 bits per heavy atom. The molecular formula is C18H15F3NNaO3. The molecular weight excluding hydrogens is 358 g/mol. The summed E-state index contributed by atoms with van der Waals surface area (Å²) in [7, 11) is 0. The number of benzene rings is 2. The van der Waals surface area contributed by atoms with Crippen LogP contribution in [0.4, 0.5) is 18.9 Å². The van der Waals surface area contributed by atoms with Gasteiger partial charge < -0.3 is 10.4 Å². The summed E-state index contributed by atoms with van der Waals surface area (Å²) >= 11 is 0. The summed E-state index contributed by atoms with van der Waals surface area (Å²) in [5.41, 5.74) is 0.200. The Morgan fingerprint density at radius 2 is 1.62 bits per heavy atom. The van der Waals surface area contributed by atoms with Crippen LogP contribution in [0.25, 0.3) is 5.57 Å². The van der Waals surface area contributed by atoms with Crippen LogP contribution in [0.2, 0.25) is 0 Å². The van der Waals surface area contributed by atoms with Crippen molar-refractivity contribution in [1.29, 1.82) is 0 Å². The molecule has 0 aliphatic rings. The Bertz CT molecular complexity index is 830. The van der Waals surface area contributed by atoms with Gasteiger partial charge in [0, 0.05) is 6.08 Å². The van der Waals surface area contributed by atoms with E-state index >= 15 is 0 Å². The first-order chi connectivity index (χ1) is 11.7. The van der Waals surface area contributed by atoms with Crippen LogP contribution in [0.15, 0.2) is 54.6 Å². The van der Waals surface area contributed by atoms with Gasteiger partial charge in [-0.3, -0.25) is 4.79 Å². The molecule has 0 aromatic heterocycles. The molecule has 2 aromatic rings. The SMILES string of the molecule is CC(=CC(=O)Nc1ccccc1C(=O)O)c1ccc(C(F)(F)F)cc1.[NaH]. The van der Waals surface area contributed by atoms with E-state index in [-0.39, 0.29) is 40.8 Å². The average Bonchev–Trinajstić information content (AvgIpc) is 2.54. The van der Waals surface area contributed by atoms with Gasteiger partial charge in [0.25, 0.3) is 0 Å². The molecule has 132 valence electrons. The van der Waals surface area contributed by atoms with Crippen molar-refractivity contribution >= 4 is 52.7 Å². The van der Waals surface area contributed by atoms with E-state index in [4.69, 9.17) is 5.11 Å². The van der Waals surface area contributed by atoms with Crippen LogP contribution in [0.5, 0.6) is 0 Å². The van der Waals surface area contributed by atoms with Gasteiger partial charge >= 0.3 is 41.7 Å². The van der Waals surface area contributed by atoms with Gasteiger partial charge in [0.2, 0.25) is 5.91 Å². The topological polar surface area (TPSA) is 66.4 Å². The van der Waals surface area contributed by atoms with Crippen LogP contribution in [0.1, 0.15) is 28.4 Å². The van der Waals surface area contributed by atoms with Gasteiger partial charge in [0.1, 0.15) is 0 Å². The maximum atomic E-state index is 12.5. The molecule has 0 radical (unpaired) electrons. The second kappa shape index (κ2) is 9.02. The summed E-state index contributed by atoms with van der Waals surface area (Å²) < 4.78 is 37.6. The zero-order valence-corrected chi connectivity index (χ0v) is 13.1. The molecule has 0 heterocycles. The van der Waals surface area contributed by atoms with Crippen molar-refractivity contribution in [2.45, 2.75) is 13.1 Å². The van der Waals surface area contributed by atoms with Crippen molar-refractivity contribution in [3.8, 4) is 0 Å². The molecule has 26 heavy (non-hydrogen) atoms. The Hall–Kier alpha value is -2.09. The van der Waals surface area contributed by atoms with Gasteiger partial charge in [0.15, 0.2) is 0 Å². The fourth-order valence-corrected chi connectivity index (χ4v) is 2.15. The van der Waals surface area contributed by atoms with Crippen molar-refractivity contribution in [3.05, 3.63) is 71.3 Å². The summed E-state index contributed by atoms with van der Waals surface area (Å²) in [5, 5.41) is 11.5. The minimum atomic E-state index is -4.42. The van der Waals surface area contributed by atoms with Gasteiger partial charge in [-0.2, -0.15) is 13.2 Å². The molecule has 2 N–H and O–H groups in total. The number of rotatable bonds is 4.